The third-order valence-corrected chi connectivity index (χ3v) is 3.48. The normalized spacial score (nSPS) is 10.9. The lowest BCUT2D eigenvalue weighted by atomic mass is 10.1. The second-order valence-corrected chi connectivity index (χ2v) is 4.91. The fourth-order valence-corrected chi connectivity index (χ4v) is 2.71. The summed E-state index contributed by atoms with van der Waals surface area (Å²) in [5, 5.41) is 0. The topological polar surface area (TPSA) is 43.3 Å². The number of imidazole rings is 1. The molecule has 4 heteroatoms. The van der Waals surface area contributed by atoms with E-state index in [-0.39, 0.29) is 0 Å². The number of hydrogen-bond acceptors (Lipinski definition) is 2. The molecule has 0 aliphatic rings. The van der Waals surface area contributed by atoms with Crippen molar-refractivity contribution in [2.24, 2.45) is 0 Å². The van der Waals surface area contributed by atoms with Crippen molar-refractivity contribution in [2.75, 3.05) is 5.73 Å². The number of hydrogen-bond donors (Lipinski definition) is 1. The van der Waals surface area contributed by atoms with Gasteiger partial charge in [-0.05, 0) is 33.6 Å². The van der Waals surface area contributed by atoms with Gasteiger partial charge in [-0.1, -0.05) is 30.3 Å². The fourth-order valence-electron chi connectivity index (χ4n) is 2.08. The van der Waals surface area contributed by atoms with E-state index in [1.807, 2.05) is 40.9 Å². The van der Waals surface area contributed by atoms with Gasteiger partial charge in [-0.15, -0.1) is 0 Å². The number of anilines is 1. The first-order valence-corrected chi connectivity index (χ1v) is 6.50. The van der Waals surface area contributed by atoms with Crippen LogP contribution >= 0.6 is 15.9 Å². The Labute approximate surface area is 113 Å². The summed E-state index contributed by atoms with van der Waals surface area (Å²) >= 11 is 3.47. The van der Waals surface area contributed by atoms with Crippen LogP contribution in [-0.2, 0) is 6.42 Å². The fraction of sp³-hybridized carbons (Fsp3) is 0.0714. The summed E-state index contributed by atoms with van der Waals surface area (Å²) in [5.41, 5.74) is 8.87. The molecule has 3 nitrogen and oxygen atoms in total. The van der Waals surface area contributed by atoms with Gasteiger partial charge >= 0.3 is 0 Å². The number of fused-ring (bicyclic) bond motifs is 1. The Bertz CT molecular complexity index is 689. The van der Waals surface area contributed by atoms with Crippen molar-refractivity contribution in [3.05, 3.63) is 64.7 Å². The molecule has 3 aromatic rings. The van der Waals surface area contributed by atoms with E-state index in [2.05, 4.69) is 33.0 Å². The summed E-state index contributed by atoms with van der Waals surface area (Å²) in [7, 11) is 0. The summed E-state index contributed by atoms with van der Waals surface area (Å²) in [6.07, 6.45) is 2.78. The minimum atomic E-state index is 0.733. The van der Waals surface area contributed by atoms with Crippen molar-refractivity contribution in [3.8, 4) is 0 Å². The molecule has 0 saturated carbocycles. The lowest BCUT2D eigenvalue weighted by Crippen LogP contribution is -1.97. The molecule has 3 rings (SSSR count). The largest absolute Gasteiger partial charge is 0.397 e. The maximum atomic E-state index is 5.97. The minimum absolute atomic E-state index is 0.733. The molecular weight excluding hydrogens is 290 g/mol. The molecule has 0 spiro atoms. The van der Waals surface area contributed by atoms with Gasteiger partial charge in [0, 0.05) is 12.6 Å². The van der Waals surface area contributed by atoms with Crippen LogP contribution in [0, 0.1) is 0 Å². The molecule has 1 aromatic carbocycles. The average Bonchev–Trinajstić information content (AvgIpc) is 2.69. The van der Waals surface area contributed by atoms with Crippen LogP contribution in [0.2, 0.25) is 0 Å². The van der Waals surface area contributed by atoms with Gasteiger partial charge in [-0.3, -0.25) is 0 Å². The van der Waals surface area contributed by atoms with Crippen LogP contribution in [0.15, 0.2) is 53.3 Å². The van der Waals surface area contributed by atoms with Crippen LogP contribution in [-0.4, -0.2) is 9.38 Å². The standard InChI is InChI=1S/C14H12BrN3/c15-14-13-11(16)7-4-8-18(13)12(17-14)9-10-5-2-1-3-6-10/h1-8H,9,16H2. The Balaban J connectivity index is 2.11. The predicted molar refractivity (Wildman–Crippen MR) is 76.6 cm³/mol. The minimum Gasteiger partial charge on any atom is -0.397 e. The molecule has 0 saturated heterocycles. The van der Waals surface area contributed by atoms with E-state index in [1.54, 1.807) is 0 Å². The highest BCUT2D eigenvalue weighted by Gasteiger charge is 2.11. The van der Waals surface area contributed by atoms with E-state index in [4.69, 9.17) is 5.73 Å². The van der Waals surface area contributed by atoms with Gasteiger partial charge < -0.3 is 10.1 Å². The van der Waals surface area contributed by atoms with Crippen LogP contribution < -0.4 is 5.73 Å². The number of nitrogen functional groups attached to an aromatic ring is 1. The smallest absolute Gasteiger partial charge is 0.134 e. The Morgan fingerprint density at radius 2 is 1.89 bits per heavy atom. The molecule has 18 heavy (non-hydrogen) atoms. The Hall–Kier alpha value is -1.81. The van der Waals surface area contributed by atoms with Crippen molar-refractivity contribution >= 4 is 27.1 Å². The zero-order valence-corrected chi connectivity index (χ0v) is 11.3. The highest BCUT2D eigenvalue weighted by molar-refractivity contribution is 9.10. The molecule has 0 amide bonds. The molecule has 0 radical (unpaired) electrons. The number of rotatable bonds is 2. The average molecular weight is 302 g/mol. The summed E-state index contributed by atoms with van der Waals surface area (Å²) in [6, 6.07) is 14.1. The monoisotopic (exact) mass is 301 g/mol. The summed E-state index contributed by atoms with van der Waals surface area (Å²) < 4.78 is 2.83. The maximum absolute atomic E-state index is 5.97. The summed E-state index contributed by atoms with van der Waals surface area (Å²) in [4.78, 5) is 4.55. The second kappa shape index (κ2) is 4.46. The highest BCUT2D eigenvalue weighted by Crippen LogP contribution is 2.25. The number of nitrogens with zero attached hydrogens (tertiary/aromatic N) is 2. The van der Waals surface area contributed by atoms with Gasteiger partial charge in [0.05, 0.1) is 5.69 Å². The van der Waals surface area contributed by atoms with Crippen LogP contribution in [0.1, 0.15) is 11.4 Å². The van der Waals surface area contributed by atoms with Crippen molar-refractivity contribution in [1.29, 1.82) is 0 Å². The van der Waals surface area contributed by atoms with Crippen molar-refractivity contribution in [3.63, 3.8) is 0 Å². The van der Waals surface area contributed by atoms with E-state index < -0.39 is 0 Å². The zero-order valence-electron chi connectivity index (χ0n) is 9.68. The van der Waals surface area contributed by atoms with E-state index in [0.717, 1.165) is 28.1 Å². The number of halogens is 1. The van der Waals surface area contributed by atoms with E-state index in [9.17, 15) is 0 Å². The molecule has 0 fully saturated rings. The number of benzene rings is 1. The van der Waals surface area contributed by atoms with Gasteiger partial charge in [0.25, 0.3) is 0 Å². The number of aromatic nitrogens is 2. The molecule has 0 atom stereocenters. The molecule has 0 unspecified atom stereocenters. The van der Waals surface area contributed by atoms with Gasteiger partial charge in [0.15, 0.2) is 0 Å². The zero-order chi connectivity index (χ0) is 12.5. The lowest BCUT2D eigenvalue weighted by Gasteiger charge is -2.02. The molecule has 2 N–H and O–H groups in total. The van der Waals surface area contributed by atoms with E-state index in [0.29, 0.717) is 0 Å². The first-order chi connectivity index (χ1) is 8.75. The Kier molecular flexibility index (Phi) is 2.80. The lowest BCUT2D eigenvalue weighted by molar-refractivity contribution is 0.960. The van der Waals surface area contributed by atoms with Gasteiger partial charge in [-0.25, -0.2) is 4.98 Å². The third-order valence-electron chi connectivity index (χ3n) is 2.93. The SMILES string of the molecule is Nc1cccn2c(Cc3ccccc3)nc(Br)c12. The maximum Gasteiger partial charge on any atom is 0.134 e. The van der Waals surface area contributed by atoms with Gasteiger partial charge in [-0.2, -0.15) is 0 Å². The van der Waals surface area contributed by atoms with Crippen LogP contribution in [0.5, 0.6) is 0 Å². The molecule has 0 bridgehead atoms. The van der Waals surface area contributed by atoms with Crippen molar-refractivity contribution in [1.82, 2.24) is 9.38 Å². The molecule has 0 aliphatic carbocycles. The predicted octanol–water partition coefficient (Wildman–Crippen LogP) is 3.27. The van der Waals surface area contributed by atoms with Crippen LogP contribution in [0.4, 0.5) is 5.69 Å². The van der Waals surface area contributed by atoms with E-state index in [1.165, 1.54) is 5.56 Å². The number of pyridine rings is 1. The number of nitrogens with two attached hydrogens (primary N) is 1. The summed E-state index contributed by atoms with van der Waals surface area (Å²) in [5.74, 6) is 0.982. The van der Waals surface area contributed by atoms with Crippen LogP contribution in [0.3, 0.4) is 0 Å². The van der Waals surface area contributed by atoms with Crippen molar-refractivity contribution in [2.45, 2.75) is 6.42 Å². The van der Waals surface area contributed by atoms with Crippen LogP contribution in [0.25, 0.3) is 5.52 Å². The Morgan fingerprint density at radius 1 is 1.11 bits per heavy atom. The molecular formula is C14H12BrN3. The molecule has 90 valence electrons. The third kappa shape index (κ3) is 1.88. The highest BCUT2D eigenvalue weighted by atomic mass is 79.9. The first-order valence-electron chi connectivity index (χ1n) is 5.70. The first kappa shape index (κ1) is 11.3. The van der Waals surface area contributed by atoms with Gasteiger partial charge in [0.1, 0.15) is 15.9 Å². The second-order valence-electron chi connectivity index (χ2n) is 4.16. The molecule has 2 heterocycles. The molecule has 0 aliphatic heterocycles. The molecule has 2 aromatic heterocycles. The van der Waals surface area contributed by atoms with Crippen molar-refractivity contribution < 1.29 is 0 Å². The quantitative estimate of drug-likeness (QED) is 0.789. The van der Waals surface area contributed by atoms with E-state index >= 15 is 0 Å². The Morgan fingerprint density at radius 3 is 2.67 bits per heavy atom. The van der Waals surface area contributed by atoms with Gasteiger partial charge in [0.2, 0.25) is 0 Å². The summed E-state index contributed by atoms with van der Waals surface area (Å²) in [6.45, 7) is 0.